The molecule has 0 aliphatic rings. The molecule has 4 aromatic rings. The maximum absolute atomic E-state index is 12.4. The molecule has 0 radical (unpaired) electrons. The molecule has 0 bridgehead atoms. The Morgan fingerprint density at radius 3 is 2.34 bits per heavy atom. The Morgan fingerprint density at radius 2 is 1.66 bits per heavy atom. The van der Waals surface area contributed by atoms with Gasteiger partial charge in [-0.25, -0.2) is 5.43 Å². The first-order valence-corrected chi connectivity index (χ1v) is 10.0. The maximum atomic E-state index is 12.4. The largest absolute Gasteiger partial charge is 0.497 e. The van der Waals surface area contributed by atoms with E-state index in [2.05, 4.69) is 25.9 Å². The normalized spacial score (nSPS) is 11.2. The predicted molar refractivity (Wildman–Crippen MR) is 121 cm³/mol. The van der Waals surface area contributed by atoms with Crippen LogP contribution in [0.5, 0.6) is 5.75 Å². The third-order valence-corrected chi connectivity index (χ3v) is 4.86. The summed E-state index contributed by atoms with van der Waals surface area (Å²) in [4.78, 5) is 14.0. The van der Waals surface area contributed by atoms with Gasteiger partial charge in [0, 0.05) is 11.1 Å². The topological polar surface area (TPSA) is 94.3 Å². The Kier molecular flexibility index (Phi) is 6.31. The predicted octanol–water partition coefficient (Wildman–Crippen LogP) is 3.55. The van der Waals surface area contributed by atoms with Gasteiger partial charge in [0.1, 0.15) is 5.75 Å². The molecule has 3 aromatic carbocycles. The zero-order valence-corrected chi connectivity index (χ0v) is 17.8. The van der Waals surface area contributed by atoms with E-state index in [0.29, 0.717) is 23.6 Å². The number of rotatable bonds is 7. The van der Waals surface area contributed by atoms with E-state index in [4.69, 9.17) is 4.74 Å². The van der Waals surface area contributed by atoms with E-state index in [0.717, 1.165) is 22.4 Å². The average molecular weight is 426 g/mol. The molecule has 0 saturated heterocycles. The van der Waals surface area contributed by atoms with E-state index < -0.39 is 0 Å². The number of hydrazone groups is 1. The van der Waals surface area contributed by atoms with E-state index >= 15 is 0 Å². The fourth-order valence-corrected chi connectivity index (χ4v) is 3.03. The van der Waals surface area contributed by atoms with Gasteiger partial charge in [0.2, 0.25) is 5.82 Å². The number of tetrazole rings is 1. The highest BCUT2D eigenvalue weighted by Crippen LogP contribution is 2.13. The minimum atomic E-state index is -0.283. The van der Waals surface area contributed by atoms with Gasteiger partial charge in [-0.1, -0.05) is 42.5 Å². The fourth-order valence-electron chi connectivity index (χ4n) is 3.03. The standard InChI is InChI=1S/C24H22N6O2/c1-17(19-12-14-22(32-2)15-13-19)25-27-24(31)21-10-8-18(9-11-21)16-30-28-23(26-29-30)20-6-4-3-5-7-20/h3-15H,16H2,1-2H3,(H,27,31)/b25-17+. The van der Waals surface area contributed by atoms with Crippen LogP contribution < -0.4 is 10.2 Å². The molecular weight excluding hydrogens is 404 g/mol. The summed E-state index contributed by atoms with van der Waals surface area (Å²) in [7, 11) is 1.62. The van der Waals surface area contributed by atoms with Crippen molar-refractivity contribution in [3.05, 3.63) is 95.6 Å². The zero-order valence-electron chi connectivity index (χ0n) is 17.8. The van der Waals surface area contributed by atoms with Crippen molar-refractivity contribution in [2.45, 2.75) is 13.5 Å². The van der Waals surface area contributed by atoms with Crippen LogP contribution in [-0.4, -0.2) is 38.9 Å². The van der Waals surface area contributed by atoms with Gasteiger partial charge < -0.3 is 4.74 Å². The SMILES string of the molecule is COc1ccc(/C(C)=N/NC(=O)c2ccc(Cn3nnc(-c4ccccc4)n3)cc2)cc1. The molecule has 1 heterocycles. The summed E-state index contributed by atoms with van der Waals surface area (Å²) in [5.41, 5.74) is 6.57. The van der Waals surface area contributed by atoms with Crippen molar-refractivity contribution >= 4 is 11.6 Å². The number of carbonyl (C=O) groups is 1. The lowest BCUT2D eigenvalue weighted by molar-refractivity contribution is 0.0955. The molecule has 0 aliphatic carbocycles. The molecule has 0 saturated carbocycles. The molecule has 0 spiro atoms. The number of amides is 1. The van der Waals surface area contributed by atoms with Crippen LogP contribution >= 0.6 is 0 Å². The van der Waals surface area contributed by atoms with Crippen LogP contribution in [0.4, 0.5) is 0 Å². The molecule has 0 atom stereocenters. The molecule has 32 heavy (non-hydrogen) atoms. The lowest BCUT2D eigenvalue weighted by Gasteiger charge is -2.05. The first-order valence-electron chi connectivity index (χ1n) is 10.0. The smallest absolute Gasteiger partial charge is 0.271 e. The minimum absolute atomic E-state index is 0.283. The van der Waals surface area contributed by atoms with E-state index in [1.807, 2.05) is 73.7 Å². The number of methoxy groups -OCH3 is 1. The Hall–Kier alpha value is -4.33. The van der Waals surface area contributed by atoms with Crippen LogP contribution in [0, 0.1) is 0 Å². The van der Waals surface area contributed by atoms with Crippen molar-refractivity contribution < 1.29 is 9.53 Å². The van der Waals surface area contributed by atoms with Gasteiger partial charge in [0.05, 0.1) is 19.4 Å². The van der Waals surface area contributed by atoms with Gasteiger partial charge in [-0.15, -0.1) is 10.2 Å². The first-order chi connectivity index (χ1) is 15.6. The summed E-state index contributed by atoms with van der Waals surface area (Å²) < 4.78 is 5.15. The summed E-state index contributed by atoms with van der Waals surface area (Å²) in [5, 5.41) is 16.8. The third kappa shape index (κ3) is 5.04. The Balaban J connectivity index is 1.36. The number of aromatic nitrogens is 4. The van der Waals surface area contributed by atoms with Crippen LogP contribution in [-0.2, 0) is 6.54 Å². The molecule has 4 rings (SSSR count). The number of hydrogen-bond acceptors (Lipinski definition) is 6. The van der Waals surface area contributed by atoms with Crippen LogP contribution in [0.25, 0.3) is 11.4 Å². The highest BCUT2D eigenvalue weighted by molar-refractivity contribution is 6.00. The van der Waals surface area contributed by atoms with Gasteiger partial charge >= 0.3 is 0 Å². The summed E-state index contributed by atoms with van der Waals surface area (Å²) in [6.45, 7) is 2.29. The molecule has 1 amide bonds. The van der Waals surface area contributed by atoms with Gasteiger partial charge in [0.15, 0.2) is 0 Å². The molecule has 8 nitrogen and oxygen atoms in total. The molecule has 0 unspecified atom stereocenters. The highest BCUT2D eigenvalue weighted by Gasteiger charge is 2.08. The van der Waals surface area contributed by atoms with Crippen LogP contribution in [0.1, 0.15) is 28.4 Å². The number of ether oxygens (including phenoxy) is 1. The monoisotopic (exact) mass is 426 g/mol. The summed E-state index contributed by atoms with van der Waals surface area (Å²) in [6, 6.07) is 24.4. The summed E-state index contributed by atoms with van der Waals surface area (Å²) in [5.74, 6) is 1.06. The lowest BCUT2D eigenvalue weighted by atomic mass is 10.1. The van der Waals surface area contributed by atoms with Gasteiger partial charge in [-0.2, -0.15) is 9.90 Å². The third-order valence-electron chi connectivity index (χ3n) is 4.86. The van der Waals surface area contributed by atoms with Crippen LogP contribution in [0.15, 0.2) is 84.0 Å². The quantitative estimate of drug-likeness (QED) is 0.360. The number of nitrogens with zero attached hydrogens (tertiary/aromatic N) is 5. The van der Waals surface area contributed by atoms with Gasteiger partial charge in [0.25, 0.3) is 5.91 Å². The Labute approximate surface area is 185 Å². The molecular formula is C24H22N6O2. The molecule has 160 valence electrons. The second kappa shape index (κ2) is 9.65. The highest BCUT2D eigenvalue weighted by atomic mass is 16.5. The van der Waals surface area contributed by atoms with Crippen molar-refractivity contribution in [3.8, 4) is 17.1 Å². The summed E-state index contributed by atoms with van der Waals surface area (Å²) >= 11 is 0. The molecule has 1 aromatic heterocycles. The van der Waals surface area contributed by atoms with Crippen LogP contribution in [0.3, 0.4) is 0 Å². The van der Waals surface area contributed by atoms with Crippen molar-refractivity contribution in [1.29, 1.82) is 0 Å². The number of nitrogens with one attached hydrogen (secondary N) is 1. The minimum Gasteiger partial charge on any atom is -0.497 e. The molecule has 0 fully saturated rings. The number of carbonyl (C=O) groups excluding carboxylic acids is 1. The van der Waals surface area contributed by atoms with E-state index in [9.17, 15) is 4.79 Å². The molecule has 0 aliphatic heterocycles. The summed E-state index contributed by atoms with van der Waals surface area (Å²) in [6.07, 6.45) is 0. The number of benzene rings is 3. The van der Waals surface area contributed by atoms with Crippen molar-refractivity contribution in [2.75, 3.05) is 7.11 Å². The second-order valence-corrected chi connectivity index (χ2v) is 7.07. The van der Waals surface area contributed by atoms with E-state index in [-0.39, 0.29) is 5.91 Å². The maximum Gasteiger partial charge on any atom is 0.271 e. The Morgan fingerprint density at radius 1 is 0.969 bits per heavy atom. The van der Waals surface area contributed by atoms with E-state index in [1.165, 1.54) is 4.80 Å². The number of hydrogen-bond donors (Lipinski definition) is 1. The van der Waals surface area contributed by atoms with Crippen molar-refractivity contribution in [3.63, 3.8) is 0 Å². The van der Waals surface area contributed by atoms with E-state index in [1.54, 1.807) is 19.2 Å². The molecule has 1 N–H and O–H groups in total. The van der Waals surface area contributed by atoms with Gasteiger partial charge in [-0.05, 0) is 59.7 Å². The lowest BCUT2D eigenvalue weighted by Crippen LogP contribution is -2.19. The van der Waals surface area contributed by atoms with Crippen LogP contribution in [0.2, 0.25) is 0 Å². The zero-order chi connectivity index (χ0) is 22.3. The average Bonchev–Trinajstić information content (AvgIpc) is 3.32. The van der Waals surface area contributed by atoms with Crippen molar-refractivity contribution in [2.24, 2.45) is 5.10 Å². The van der Waals surface area contributed by atoms with Gasteiger partial charge in [-0.3, -0.25) is 4.79 Å². The van der Waals surface area contributed by atoms with Crippen molar-refractivity contribution in [1.82, 2.24) is 25.6 Å². The first kappa shape index (κ1) is 20.9. The Bertz CT molecular complexity index is 1220. The molecule has 8 heteroatoms. The fraction of sp³-hybridized carbons (Fsp3) is 0.125. The second-order valence-electron chi connectivity index (χ2n) is 7.07.